The van der Waals surface area contributed by atoms with Gasteiger partial charge in [0.2, 0.25) is 11.7 Å². The number of hydrogen-bond acceptors (Lipinski definition) is 5. The Morgan fingerprint density at radius 3 is 2.10 bits per heavy atom. The Morgan fingerprint density at radius 2 is 1.53 bits per heavy atom. The number of halogens is 1. The van der Waals surface area contributed by atoms with Crippen molar-refractivity contribution >= 4 is 0 Å². The van der Waals surface area contributed by atoms with Gasteiger partial charge >= 0.3 is 0 Å². The van der Waals surface area contributed by atoms with Gasteiger partial charge in [0.1, 0.15) is 17.2 Å². The van der Waals surface area contributed by atoms with Crippen LogP contribution in [0, 0.1) is 19.7 Å². The van der Waals surface area contributed by atoms with E-state index in [0.717, 1.165) is 5.56 Å². The van der Waals surface area contributed by atoms with Gasteiger partial charge in [-0.1, -0.05) is 61.0 Å². The fourth-order valence-corrected chi connectivity index (χ4v) is 3.25. The molecule has 0 atom stereocenters. The summed E-state index contributed by atoms with van der Waals surface area (Å²) in [6.45, 7) is 8.09. The Morgan fingerprint density at radius 1 is 0.900 bits per heavy atom. The standard InChI is InChI=1S/C24H22FN3O2/c1-15-5-7-17(8-6-15)24(3,4)18-9-11-19(12-10-18)29-20-13-21(25)22(26-14-20)23-27-16(2)30-28-23/h5-14H,1-4H3. The summed E-state index contributed by atoms with van der Waals surface area (Å²) in [5, 5.41) is 3.69. The van der Waals surface area contributed by atoms with Crippen molar-refractivity contribution in [2.45, 2.75) is 33.1 Å². The second-order valence-corrected chi connectivity index (χ2v) is 7.76. The quantitative estimate of drug-likeness (QED) is 0.409. The fourth-order valence-electron chi connectivity index (χ4n) is 3.25. The van der Waals surface area contributed by atoms with Crippen molar-refractivity contribution in [3.8, 4) is 23.0 Å². The number of hydrogen-bond donors (Lipinski definition) is 0. The minimum atomic E-state index is -0.578. The van der Waals surface area contributed by atoms with Crippen LogP contribution in [0.15, 0.2) is 65.3 Å². The molecular weight excluding hydrogens is 381 g/mol. The van der Waals surface area contributed by atoms with Crippen LogP contribution in [-0.4, -0.2) is 15.1 Å². The molecule has 0 N–H and O–H groups in total. The largest absolute Gasteiger partial charge is 0.456 e. The average Bonchev–Trinajstić information content (AvgIpc) is 3.15. The lowest BCUT2D eigenvalue weighted by molar-refractivity contribution is 0.394. The molecule has 5 nitrogen and oxygen atoms in total. The fraction of sp³-hybridized carbons (Fsp3) is 0.208. The summed E-state index contributed by atoms with van der Waals surface area (Å²) >= 11 is 0. The number of pyridine rings is 1. The van der Waals surface area contributed by atoms with E-state index in [0.29, 0.717) is 17.4 Å². The van der Waals surface area contributed by atoms with Gasteiger partial charge in [-0.15, -0.1) is 0 Å². The van der Waals surface area contributed by atoms with Crippen molar-refractivity contribution < 1.29 is 13.7 Å². The van der Waals surface area contributed by atoms with E-state index in [1.807, 2.05) is 24.3 Å². The van der Waals surface area contributed by atoms with Crippen molar-refractivity contribution in [1.29, 1.82) is 0 Å². The SMILES string of the molecule is Cc1ccc(C(C)(C)c2ccc(Oc3cnc(-c4noc(C)n4)c(F)c3)cc2)cc1. The van der Waals surface area contributed by atoms with E-state index in [1.54, 1.807) is 6.92 Å². The number of aromatic nitrogens is 3. The van der Waals surface area contributed by atoms with Crippen LogP contribution in [0.5, 0.6) is 11.5 Å². The van der Waals surface area contributed by atoms with Crippen LogP contribution in [-0.2, 0) is 5.41 Å². The molecular formula is C24H22FN3O2. The Labute approximate surface area is 174 Å². The first-order chi connectivity index (χ1) is 14.3. The lowest BCUT2D eigenvalue weighted by Gasteiger charge is -2.26. The monoisotopic (exact) mass is 403 g/mol. The Bertz CT molecular complexity index is 1170. The zero-order valence-corrected chi connectivity index (χ0v) is 17.3. The van der Waals surface area contributed by atoms with Crippen molar-refractivity contribution in [3.63, 3.8) is 0 Å². The van der Waals surface area contributed by atoms with E-state index >= 15 is 0 Å². The highest BCUT2D eigenvalue weighted by Gasteiger charge is 2.23. The van der Waals surface area contributed by atoms with Gasteiger partial charge in [0, 0.05) is 18.4 Å². The second-order valence-electron chi connectivity index (χ2n) is 7.76. The predicted molar refractivity (Wildman–Crippen MR) is 112 cm³/mol. The first-order valence-corrected chi connectivity index (χ1v) is 9.65. The number of rotatable bonds is 5. The Balaban J connectivity index is 1.52. The van der Waals surface area contributed by atoms with E-state index in [1.165, 1.54) is 23.4 Å². The number of ether oxygens (including phenoxy) is 1. The molecule has 4 rings (SSSR count). The molecule has 0 fully saturated rings. The highest BCUT2D eigenvalue weighted by Crippen LogP contribution is 2.33. The lowest BCUT2D eigenvalue weighted by Crippen LogP contribution is -2.18. The van der Waals surface area contributed by atoms with E-state index in [9.17, 15) is 4.39 Å². The van der Waals surface area contributed by atoms with Gasteiger partial charge < -0.3 is 9.26 Å². The van der Waals surface area contributed by atoms with E-state index in [2.05, 4.69) is 60.2 Å². The van der Waals surface area contributed by atoms with Crippen LogP contribution < -0.4 is 4.74 Å². The second kappa shape index (κ2) is 7.71. The smallest absolute Gasteiger partial charge is 0.224 e. The van der Waals surface area contributed by atoms with Gasteiger partial charge in [-0.3, -0.25) is 0 Å². The maximum absolute atomic E-state index is 14.4. The molecule has 0 aliphatic carbocycles. The third-order valence-corrected chi connectivity index (χ3v) is 5.14. The molecule has 2 heterocycles. The van der Waals surface area contributed by atoms with Crippen LogP contribution in [0.2, 0.25) is 0 Å². The van der Waals surface area contributed by atoms with E-state index < -0.39 is 5.82 Å². The van der Waals surface area contributed by atoms with Gasteiger partial charge in [0.05, 0.1) is 6.20 Å². The number of benzene rings is 2. The minimum absolute atomic E-state index is 0.0226. The summed E-state index contributed by atoms with van der Waals surface area (Å²) in [6.07, 6.45) is 1.44. The lowest BCUT2D eigenvalue weighted by atomic mass is 9.78. The molecule has 2 aromatic heterocycles. The molecule has 4 aromatic rings. The summed E-state index contributed by atoms with van der Waals surface area (Å²) in [5.41, 5.74) is 3.50. The van der Waals surface area contributed by atoms with Crippen molar-refractivity contribution in [3.05, 3.63) is 89.2 Å². The maximum Gasteiger partial charge on any atom is 0.224 e. The molecule has 152 valence electrons. The normalized spacial score (nSPS) is 11.5. The first-order valence-electron chi connectivity index (χ1n) is 9.65. The van der Waals surface area contributed by atoms with Crippen molar-refractivity contribution in [2.24, 2.45) is 0 Å². The highest BCUT2D eigenvalue weighted by atomic mass is 19.1. The Hall–Kier alpha value is -3.54. The summed E-state index contributed by atoms with van der Waals surface area (Å²) in [5.74, 6) is 0.773. The topological polar surface area (TPSA) is 61.0 Å². The molecule has 0 aliphatic rings. The average molecular weight is 403 g/mol. The molecule has 0 radical (unpaired) electrons. The zero-order valence-electron chi connectivity index (χ0n) is 17.3. The van der Waals surface area contributed by atoms with Crippen LogP contribution >= 0.6 is 0 Å². The maximum atomic E-state index is 14.4. The molecule has 0 aliphatic heterocycles. The van der Waals surface area contributed by atoms with Gasteiger partial charge in [-0.25, -0.2) is 9.37 Å². The highest BCUT2D eigenvalue weighted by molar-refractivity contribution is 5.50. The van der Waals surface area contributed by atoms with Gasteiger partial charge in [0.25, 0.3) is 0 Å². The zero-order chi connectivity index (χ0) is 21.3. The van der Waals surface area contributed by atoms with E-state index in [-0.39, 0.29) is 16.9 Å². The minimum Gasteiger partial charge on any atom is -0.456 e. The summed E-state index contributed by atoms with van der Waals surface area (Å²) < 4.78 is 25.1. The summed E-state index contributed by atoms with van der Waals surface area (Å²) in [6, 6.07) is 17.6. The molecule has 0 saturated carbocycles. The molecule has 6 heteroatoms. The number of nitrogens with zero attached hydrogens (tertiary/aromatic N) is 3. The van der Waals surface area contributed by atoms with Gasteiger partial charge in [-0.2, -0.15) is 4.98 Å². The van der Waals surface area contributed by atoms with Crippen molar-refractivity contribution in [1.82, 2.24) is 15.1 Å². The van der Waals surface area contributed by atoms with Crippen LogP contribution in [0.3, 0.4) is 0 Å². The van der Waals surface area contributed by atoms with Crippen molar-refractivity contribution in [2.75, 3.05) is 0 Å². The number of aryl methyl sites for hydroxylation is 2. The summed E-state index contributed by atoms with van der Waals surface area (Å²) in [7, 11) is 0. The molecule has 30 heavy (non-hydrogen) atoms. The van der Waals surface area contributed by atoms with Crippen LogP contribution in [0.1, 0.15) is 36.4 Å². The molecule has 0 bridgehead atoms. The molecule has 2 aromatic carbocycles. The van der Waals surface area contributed by atoms with Crippen LogP contribution in [0.25, 0.3) is 11.5 Å². The molecule has 0 saturated heterocycles. The van der Waals surface area contributed by atoms with Gasteiger partial charge in [0.15, 0.2) is 5.82 Å². The van der Waals surface area contributed by atoms with E-state index in [4.69, 9.17) is 9.26 Å². The van der Waals surface area contributed by atoms with Gasteiger partial charge in [-0.05, 0) is 30.2 Å². The molecule has 0 spiro atoms. The van der Waals surface area contributed by atoms with Crippen LogP contribution in [0.4, 0.5) is 4.39 Å². The first kappa shape index (κ1) is 19.8. The molecule has 0 unspecified atom stereocenters. The third kappa shape index (κ3) is 3.94. The summed E-state index contributed by atoms with van der Waals surface area (Å²) in [4.78, 5) is 8.07. The molecule has 0 amide bonds. The predicted octanol–water partition coefficient (Wildman–Crippen LogP) is 6.01. The Kier molecular flexibility index (Phi) is 5.08. The third-order valence-electron chi connectivity index (χ3n) is 5.14.